The van der Waals surface area contributed by atoms with Crippen LogP contribution in [0.25, 0.3) is 5.82 Å². The molecule has 0 fully saturated rings. The number of thiophene rings is 1. The highest BCUT2D eigenvalue weighted by Gasteiger charge is 2.05. The summed E-state index contributed by atoms with van der Waals surface area (Å²) in [6.45, 7) is 0.766. The number of anilines is 1. The normalized spacial score (nSPS) is 10.6. The summed E-state index contributed by atoms with van der Waals surface area (Å²) >= 11 is 5.15. The van der Waals surface area contributed by atoms with Gasteiger partial charge in [0, 0.05) is 25.1 Å². The van der Waals surface area contributed by atoms with Gasteiger partial charge >= 0.3 is 0 Å². The molecule has 0 saturated carbocycles. The molecule has 4 nitrogen and oxygen atoms in total. The van der Waals surface area contributed by atoms with Gasteiger partial charge in [-0.05, 0) is 51.1 Å². The zero-order valence-corrected chi connectivity index (χ0v) is 12.4. The molecule has 0 atom stereocenters. The number of rotatable bonds is 4. The maximum atomic E-state index is 4.37. The largest absolute Gasteiger partial charge is 0.378 e. The highest BCUT2D eigenvalue weighted by Crippen LogP contribution is 2.22. The van der Waals surface area contributed by atoms with E-state index in [1.807, 2.05) is 24.4 Å². The van der Waals surface area contributed by atoms with Gasteiger partial charge in [0.05, 0.1) is 9.47 Å². The number of halogens is 1. The van der Waals surface area contributed by atoms with Gasteiger partial charge in [0.25, 0.3) is 0 Å². The molecule has 3 aromatic heterocycles. The summed E-state index contributed by atoms with van der Waals surface area (Å²) in [5.41, 5.74) is 2.21. The Labute approximate surface area is 123 Å². The van der Waals surface area contributed by atoms with Crippen molar-refractivity contribution in [1.29, 1.82) is 0 Å². The molecule has 0 bridgehead atoms. The van der Waals surface area contributed by atoms with Crippen LogP contribution in [-0.2, 0) is 6.54 Å². The first-order chi connectivity index (χ1) is 9.33. The highest BCUT2D eigenvalue weighted by molar-refractivity contribution is 9.11. The average molecular weight is 335 g/mol. The van der Waals surface area contributed by atoms with Crippen LogP contribution in [0.1, 0.15) is 5.56 Å². The second kappa shape index (κ2) is 5.54. The van der Waals surface area contributed by atoms with E-state index in [4.69, 9.17) is 0 Å². The minimum Gasteiger partial charge on any atom is -0.378 e. The highest BCUT2D eigenvalue weighted by atomic mass is 79.9. The van der Waals surface area contributed by atoms with Crippen LogP contribution in [0.4, 0.5) is 5.69 Å². The van der Waals surface area contributed by atoms with Crippen molar-refractivity contribution in [1.82, 2.24) is 14.8 Å². The molecular weight excluding hydrogens is 324 g/mol. The topological polar surface area (TPSA) is 42.7 Å². The van der Waals surface area contributed by atoms with Gasteiger partial charge < -0.3 is 5.32 Å². The van der Waals surface area contributed by atoms with Crippen LogP contribution in [0.3, 0.4) is 0 Å². The molecule has 3 heterocycles. The monoisotopic (exact) mass is 334 g/mol. The fourth-order valence-corrected chi connectivity index (χ4v) is 2.96. The lowest BCUT2D eigenvalue weighted by Gasteiger charge is -2.10. The van der Waals surface area contributed by atoms with E-state index in [1.165, 1.54) is 5.56 Å². The van der Waals surface area contributed by atoms with E-state index in [9.17, 15) is 0 Å². The summed E-state index contributed by atoms with van der Waals surface area (Å²) in [7, 11) is 0. The van der Waals surface area contributed by atoms with E-state index >= 15 is 0 Å². The lowest BCUT2D eigenvalue weighted by molar-refractivity contribution is 0.846. The second-order valence-electron chi connectivity index (χ2n) is 3.94. The Balaban J connectivity index is 1.81. The molecule has 6 heteroatoms. The van der Waals surface area contributed by atoms with Gasteiger partial charge in [0.2, 0.25) is 0 Å². The van der Waals surface area contributed by atoms with Crippen molar-refractivity contribution in [3.63, 3.8) is 0 Å². The van der Waals surface area contributed by atoms with Gasteiger partial charge in [-0.3, -0.25) is 0 Å². The molecule has 3 aromatic rings. The fraction of sp³-hybridized carbons (Fsp3) is 0.0769. The van der Waals surface area contributed by atoms with Crippen LogP contribution in [0.15, 0.2) is 52.0 Å². The Morgan fingerprint density at radius 1 is 1.32 bits per heavy atom. The third-order valence-corrected chi connectivity index (χ3v) is 4.17. The number of hydrogen-bond donors (Lipinski definition) is 1. The number of nitrogens with zero attached hydrogens (tertiary/aromatic N) is 3. The smallest absolute Gasteiger partial charge is 0.176 e. The molecular formula is C13H11BrN4S. The Bertz CT molecular complexity index is 663. The molecule has 0 unspecified atom stereocenters. The maximum absolute atomic E-state index is 4.37. The molecule has 0 saturated heterocycles. The zero-order chi connectivity index (χ0) is 13.1. The first-order valence-electron chi connectivity index (χ1n) is 5.75. The third-order valence-electron chi connectivity index (χ3n) is 2.61. The van der Waals surface area contributed by atoms with E-state index in [1.54, 1.807) is 28.4 Å². The van der Waals surface area contributed by atoms with E-state index in [-0.39, 0.29) is 0 Å². The van der Waals surface area contributed by atoms with E-state index in [0.717, 1.165) is 21.8 Å². The molecule has 96 valence electrons. The first kappa shape index (κ1) is 12.4. The summed E-state index contributed by atoms with van der Waals surface area (Å²) in [6, 6.07) is 7.92. The summed E-state index contributed by atoms with van der Waals surface area (Å²) in [5, 5.41) is 9.73. The van der Waals surface area contributed by atoms with Crippen LogP contribution in [-0.4, -0.2) is 14.8 Å². The molecule has 0 radical (unpaired) electrons. The van der Waals surface area contributed by atoms with Crippen molar-refractivity contribution in [3.05, 3.63) is 57.6 Å². The summed E-state index contributed by atoms with van der Waals surface area (Å²) < 4.78 is 2.90. The standard InChI is InChI=1S/C13H11BrN4S/c14-12-7-10(9-19-12)8-16-11-3-1-4-15-13(11)18-6-2-5-17-18/h1-7,9,16H,8H2. The first-order valence-corrected chi connectivity index (χ1v) is 7.42. The predicted molar refractivity (Wildman–Crippen MR) is 80.7 cm³/mol. The molecule has 0 aliphatic rings. The van der Waals surface area contributed by atoms with Gasteiger partial charge in [-0.25, -0.2) is 9.67 Å². The summed E-state index contributed by atoms with van der Waals surface area (Å²) in [5.74, 6) is 0.807. The molecule has 19 heavy (non-hydrogen) atoms. The minimum absolute atomic E-state index is 0.766. The molecule has 0 aromatic carbocycles. The third kappa shape index (κ3) is 2.85. The number of pyridine rings is 1. The summed E-state index contributed by atoms with van der Waals surface area (Å²) in [6.07, 6.45) is 5.40. The Kier molecular flexibility index (Phi) is 3.61. The van der Waals surface area contributed by atoms with Crippen molar-refractivity contribution in [2.75, 3.05) is 5.32 Å². The van der Waals surface area contributed by atoms with Crippen LogP contribution in [0.2, 0.25) is 0 Å². The maximum Gasteiger partial charge on any atom is 0.176 e. The molecule has 0 spiro atoms. The molecule has 0 aliphatic carbocycles. The van der Waals surface area contributed by atoms with Crippen molar-refractivity contribution in [2.45, 2.75) is 6.54 Å². The Hall–Kier alpha value is -1.66. The van der Waals surface area contributed by atoms with Crippen molar-refractivity contribution >= 4 is 33.0 Å². The molecule has 3 rings (SSSR count). The van der Waals surface area contributed by atoms with Crippen molar-refractivity contribution in [2.24, 2.45) is 0 Å². The average Bonchev–Trinajstić information content (AvgIpc) is 3.08. The number of hydrogen-bond acceptors (Lipinski definition) is 4. The van der Waals surface area contributed by atoms with Crippen LogP contribution < -0.4 is 5.32 Å². The fourth-order valence-electron chi connectivity index (χ4n) is 1.75. The van der Waals surface area contributed by atoms with Gasteiger partial charge in [-0.2, -0.15) is 5.10 Å². The van der Waals surface area contributed by atoms with Crippen LogP contribution >= 0.6 is 27.3 Å². The Morgan fingerprint density at radius 3 is 3.00 bits per heavy atom. The Morgan fingerprint density at radius 2 is 2.26 bits per heavy atom. The van der Waals surface area contributed by atoms with Gasteiger partial charge in [0.15, 0.2) is 5.82 Å². The quantitative estimate of drug-likeness (QED) is 0.790. The molecule has 0 amide bonds. The van der Waals surface area contributed by atoms with Crippen LogP contribution in [0, 0.1) is 0 Å². The van der Waals surface area contributed by atoms with Gasteiger partial charge in [0.1, 0.15) is 0 Å². The SMILES string of the molecule is Brc1cc(CNc2cccnc2-n2cccn2)cs1. The van der Waals surface area contributed by atoms with E-state index in [2.05, 4.69) is 42.8 Å². The predicted octanol–water partition coefficient (Wildman–Crippen LogP) is 3.70. The summed E-state index contributed by atoms with van der Waals surface area (Å²) in [4.78, 5) is 4.37. The van der Waals surface area contributed by atoms with Crippen LogP contribution in [0.5, 0.6) is 0 Å². The van der Waals surface area contributed by atoms with Crippen molar-refractivity contribution < 1.29 is 0 Å². The van der Waals surface area contributed by atoms with Gasteiger partial charge in [-0.1, -0.05) is 0 Å². The lowest BCUT2D eigenvalue weighted by atomic mass is 10.3. The lowest BCUT2D eigenvalue weighted by Crippen LogP contribution is -2.06. The minimum atomic E-state index is 0.766. The van der Waals surface area contributed by atoms with E-state index in [0.29, 0.717) is 0 Å². The van der Waals surface area contributed by atoms with E-state index < -0.39 is 0 Å². The number of aromatic nitrogens is 3. The van der Waals surface area contributed by atoms with Crippen molar-refractivity contribution in [3.8, 4) is 5.82 Å². The molecule has 0 aliphatic heterocycles. The molecule has 1 N–H and O–H groups in total. The second-order valence-corrected chi connectivity index (χ2v) is 6.23. The number of nitrogens with one attached hydrogen (secondary N) is 1. The van der Waals surface area contributed by atoms with Gasteiger partial charge in [-0.15, -0.1) is 11.3 Å². The zero-order valence-electron chi connectivity index (χ0n) is 9.95.